The Kier molecular flexibility index (Phi) is 10.1. The van der Waals surface area contributed by atoms with Crippen LogP contribution >= 0.6 is 0 Å². The molecule has 37 heavy (non-hydrogen) atoms. The molecule has 0 aliphatic heterocycles. The van der Waals surface area contributed by atoms with Gasteiger partial charge in [-0.2, -0.15) is 0 Å². The summed E-state index contributed by atoms with van der Waals surface area (Å²) in [5.74, 6) is -0.270. The van der Waals surface area contributed by atoms with E-state index in [9.17, 15) is 14.4 Å². The lowest BCUT2D eigenvalue weighted by Crippen LogP contribution is -2.53. The number of rotatable bonds is 9. The molecule has 3 atom stereocenters. The number of hydrogen-bond donors (Lipinski definition) is 2. The summed E-state index contributed by atoms with van der Waals surface area (Å²) in [5, 5.41) is 5.66. The number of methoxy groups -OCH3 is 1. The molecule has 2 aromatic rings. The topological polar surface area (TPSA) is 97.0 Å². The second-order valence-corrected chi connectivity index (χ2v) is 10.5. The molecule has 0 aromatic heterocycles. The van der Waals surface area contributed by atoms with Crippen LogP contribution < -0.4 is 15.4 Å². The molecule has 8 heteroatoms. The van der Waals surface area contributed by atoms with Gasteiger partial charge in [0.1, 0.15) is 23.4 Å². The van der Waals surface area contributed by atoms with E-state index in [1.165, 1.54) is 4.90 Å². The van der Waals surface area contributed by atoms with Gasteiger partial charge in [-0.3, -0.25) is 9.59 Å². The number of ether oxygens (including phenoxy) is 2. The number of aryl methyl sites for hydroxylation is 2. The van der Waals surface area contributed by atoms with Crippen molar-refractivity contribution in [1.29, 1.82) is 0 Å². The maximum absolute atomic E-state index is 13.8. The lowest BCUT2D eigenvalue weighted by atomic mass is 9.95. The molecule has 2 N–H and O–H groups in total. The number of carbonyl (C=O) groups is 3. The van der Waals surface area contributed by atoms with E-state index < -0.39 is 23.8 Å². The second kappa shape index (κ2) is 12.6. The first-order chi connectivity index (χ1) is 17.2. The molecule has 0 radical (unpaired) electrons. The van der Waals surface area contributed by atoms with Crippen molar-refractivity contribution in [3.8, 4) is 5.75 Å². The molecule has 0 aliphatic rings. The van der Waals surface area contributed by atoms with Gasteiger partial charge in [0, 0.05) is 12.7 Å². The third kappa shape index (κ3) is 8.51. The van der Waals surface area contributed by atoms with Crippen LogP contribution in [0.5, 0.6) is 5.75 Å². The van der Waals surface area contributed by atoms with Crippen LogP contribution in [0.2, 0.25) is 0 Å². The van der Waals surface area contributed by atoms with Crippen molar-refractivity contribution < 1.29 is 23.9 Å². The van der Waals surface area contributed by atoms with E-state index >= 15 is 0 Å². The molecule has 2 rings (SSSR count). The highest BCUT2D eigenvalue weighted by atomic mass is 16.6. The van der Waals surface area contributed by atoms with Crippen molar-refractivity contribution in [1.82, 2.24) is 10.2 Å². The van der Waals surface area contributed by atoms with E-state index in [0.717, 1.165) is 11.1 Å². The number of alkyl carbamates (subject to hydrolysis) is 1. The van der Waals surface area contributed by atoms with Crippen molar-refractivity contribution in [2.45, 2.75) is 72.6 Å². The molecule has 0 heterocycles. The quantitative estimate of drug-likeness (QED) is 0.471. The van der Waals surface area contributed by atoms with E-state index in [1.54, 1.807) is 59.2 Å². The lowest BCUT2D eigenvalue weighted by molar-refractivity contribution is -0.140. The average molecular weight is 512 g/mol. The zero-order valence-electron chi connectivity index (χ0n) is 23.5. The average Bonchev–Trinajstić information content (AvgIpc) is 2.80. The number of benzene rings is 2. The Balaban J connectivity index is 2.43. The predicted octanol–water partition coefficient (Wildman–Crippen LogP) is 5.39. The minimum atomic E-state index is -0.930. The number of nitrogens with one attached hydrogen (secondary N) is 2. The van der Waals surface area contributed by atoms with Gasteiger partial charge in [-0.15, -0.1) is 0 Å². The van der Waals surface area contributed by atoms with Crippen LogP contribution in [0.3, 0.4) is 0 Å². The Morgan fingerprint density at radius 2 is 1.57 bits per heavy atom. The van der Waals surface area contributed by atoms with Gasteiger partial charge in [-0.25, -0.2) is 4.79 Å². The lowest BCUT2D eigenvalue weighted by Gasteiger charge is -2.33. The first-order valence-electron chi connectivity index (χ1n) is 12.5. The Labute approximate surface area is 220 Å². The Morgan fingerprint density at radius 1 is 1.00 bits per heavy atom. The molecule has 0 fully saturated rings. The summed E-state index contributed by atoms with van der Waals surface area (Å²) < 4.78 is 10.6. The van der Waals surface area contributed by atoms with Gasteiger partial charge >= 0.3 is 6.09 Å². The van der Waals surface area contributed by atoms with Gasteiger partial charge in [-0.1, -0.05) is 49.6 Å². The summed E-state index contributed by atoms with van der Waals surface area (Å²) in [6.07, 6.45) is -0.0306. The van der Waals surface area contributed by atoms with E-state index in [0.29, 0.717) is 23.4 Å². The summed E-state index contributed by atoms with van der Waals surface area (Å²) in [6.45, 7) is 13.0. The maximum Gasteiger partial charge on any atom is 0.408 e. The number of likely N-dealkylation sites (N-methyl/N-ethyl adjacent to an activating group) is 1. The minimum absolute atomic E-state index is 0.188. The fourth-order valence-electron chi connectivity index (χ4n) is 4.07. The Bertz CT molecular complexity index is 1070. The molecule has 0 aliphatic carbocycles. The molecule has 0 bridgehead atoms. The molecule has 0 spiro atoms. The number of amides is 3. The highest BCUT2D eigenvalue weighted by Gasteiger charge is 2.36. The molecule has 3 amide bonds. The Hall–Kier alpha value is -3.55. The molecular weight excluding hydrogens is 470 g/mol. The van der Waals surface area contributed by atoms with Crippen LogP contribution in [0.4, 0.5) is 10.5 Å². The van der Waals surface area contributed by atoms with Crippen LogP contribution in [0.25, 0.3) is 0 Å². The highest BCUT2D eigenvalue weighted by molar-refractivity contribution is 5.99. The Morgan fingerprint density at radius 3 is 2.05 bits per heavy atom. The number of anilines is 1. The number of hydrogen-bond acceptors (Lipinski definition) is 5. The maximum atomic E-state index is 13.8. The third-order valence-electron chi connectivity index (χ3n) is 6.05. The van der Waals surface area contributed by atoms with Crippen molar-refractivity contribution in [3.63, 3.8) is 0 Å². The van der Waals surface area contributed by atoms with Crippen molar-refractivity contribution in [2.24, 2.45) is 5.92 Å². The SMILES string of the molecule is CCC(C)C(NC(=O)OC(C)(C)C)C(=O)N(C)C(C(=O)Nc1ccc(OC)cc1)c1cc(C)cc(C)c1. The van der Waals surface area contributed by atoms with Crippen LogP contribution in [0.15, 0.2) is 42.5 Å². The van der Waals surface area contributed by atoms with Crippen LogP contribution in [0.1, 0.15) is 63.8 Å². The third-order valence-corrected chi connectivity index (χ3v) is 6.05. The van der Waals surface area contributed by atoms with Gasteiger partial charge in [0.15, 0.2) is 0 Å². The predicted molar refractivity (Wildman–Crippen MR) is 146 cm³/mol. The van der Waals surface area contributed by atoms with Crippen molar-refractivity contribution in [2.75, 3.05) is 19.5 Å². The van der Waals surface area contributed by atoms with Gasteiger partial charge in [0.05, 0.1) is 7.11 Å². The minimum Gasteiger partial charge on any atom is -0.497 e. The molecular formula is C29H41N3O5. The number of carbonyl (C=O) groups excluding carboxylic acids is 3. The van der Waals surface area contributed by atoms with Gasteiger partial charge < -0.3 is 25.0 Å². The van der Waals surface area contributed by atoms with Gasteiger partial charge in [0.2, 0.25) is 5.91 Å². The summed E-state index contributed by atoms with van der Waals surface area (Å²) in [6, 6.07) is 11.0. The van der Waals surface area contributed by atoms with Crippen LogP contribution in [-0.4, -0.2) is 48.6 Å². The zero-order valence-corrected chi connectivity index (χ0v) is 23.5. The van der Waals surface area contributed by atoms with E-state index in [1.807, 2.05) is 45.9 Å². The zero-order chi connectivity index (χ0) is 27.9. The fourth-order valence-corrected chi connectivity index (χ4v) is 4.07. The molecule has 2 aromatic carbocycles. The van der Waals surface area contributed by atoms with Gasteiger partial charge in [0.25, 0.3) is 5.91 Å². The molecule has 0 saturated heterocycles. The second-order valence-electron chi connectivity index (χ2n) is 10.5. The normalized spacial score (nSPS) is 13.6. The molecule has 202 valence electrons. The summed E-state index contributed by atoms with van der Waals surface area (Å²) >= 11 is 0. The van der Waals surface area contributed by atoms with E-state index in [4.69, 9.17) is 9.47 Å². The van der Waals surface area contributed by atoms with Crippen molar-refractivity contribution in [3.05, 3.63) is 59.2 Å². The molecule has 3 unspecified atom stereocenters. The monoisotopic (exact) mass is 511 g/mol. The van der Waals surface area contributed by atoms with E-state index in [-0.39, 0.29) is 17.7 Å². The standard InChI is InChI=1S/C29H41N3O5/c1-10-20(4)24(31-28(35)37-29(5,6)7)27(34)32(8)25(21-16-18(2)15-19(3)17-21)26(33)30-22-11-13-23(36-9)14-12-22/h11-17,20,24-25H,10H2,1-9H3,(H,30,33)(H,31,35). The molecule has 8 nitrogen and oxygen atoms in total. The first kappa shape index (κ1) is 29.7. The smallest absolute Gasteiger partial charge is 0.408 e. The molecule has 0 saturated carbocycles. The van der Waals surface area contributed by atoms with E-state index in [2.05, 4.69) is 10.6 Å². The van der Waals surface area contributed by atoms with Crippen LogP contribution in [-0.2, 0) is 14.3 Å². The summed E-state index contributed by atoms with van der Waals surface area (Å²) in [7, 11) is 3.16. The largest absolute Gasteiger partial charge is 0.497 e. The first-order valence-corrected chi connectivity index (χ1v) is 12.5. The highest BCUT2D eigenvalue weighted by Crippen LogP contribution is 2.27. The summed E-state index contributed by atoms with van der Waals surface area (Å²) in [5.41, 5.74) is 2.50. The number of nitrogens with zero attached hydrogens (tertiary/aromatic N) is 1. The van der Waals surface area contributed by atoms with Crippen molar-refractivity contribution >= 4 is 23.6 Å². The van der Waals surface area contributed by atoms with Crippen LogP contribution in [0, 0.1) is 19.8 Å². The fraction of sp³-hybridized carbons (Fsp3) is 0.483. The summed E-state index contributed by atoms with van der Waals surface area (Å²) in [4.78, 5) is 41.5. The van der Waals surface area contributed by atoms with Gasteiger partial charge in [-0.05, 0) is 70.4 Å².